The average molecular weight is 414 g/mol. The minimum absolute atomic E-state index is 0.180. The number of rotatable bonds is 3. The molecule has 0 bridgehead atoms. The number of thiazole rings is 1. The van der Waals surface area contributed by atoms with Gasteiger partial charge < -0.3 is 10.2 Å². The second-order valence-corrected chi connectivity index (χ2v) is 7.69. The van der Waals surface area contributed by atoms with Gasteiger partial charge in [-0.15, -0.1) is 0 Å². The summed E-state index contributed by atoms with van der Waals surface area (Å²) in [5.74, 6) is -0.302. The van der Waals surface area contributed by atoms with E-state index < -0.39 is 0 Å². The normalized spacial score (nSPS) is 13.0. The highest BCUT2D eigenvalue weighted by Crippen LogP contribution is 2.29. The molecule has 4 rings (SSSR count). The fourth-order valence-corrected chi connectivity index (χ4v) is 3.96. The first-order valence-corrected chi connectivity index (χ1v) is 9.80. The first-order valence-electron chi connectivity index (χ1n) is 8.61. The standard InChI is InChI=1S/C19H16ClN5O2S/c20-12-4-6-13(7-5-12)22-19(27)25-10-8-14-16(11-25)28-18(23-14)24-17(26)15-3-1-2-9-21-15/h1-7,9H,8,10-11H2,(H,22,27)(H,23,24,26). The predicted molar refractivity (Wildman–Crippen MR) is 109 cm³/mol. The number of anilines is 2. The summed E-state index contributed by atoms with van der Waals surface area (Å²) >= 11 is 7.25. The van der Waals surface area contributed by atoms with Crippen molar-refractivity contribution in [1.29, 1.82) is 0 Å². The number of hydrogen-bond acceptors (Lipinski definition) is 5. The number of carbonyl (C=O) groups excluding carboxylic acids is 2. The Kier molecular flexibility index (Phi) is 5.23. The Balaban J connectivity index is 1.40. The highest BCUT2D eigenvalue weighted by molar-refractivity contribution is 7.15. The summed E-state index contributed by atoms with van der Waals surface area (Å²) in [7, 11) is 0. The minimum atomic E-state index is -0.302. The Morgan fingerprint density at radius 3 is 2.68 bits per heavy atom. The molecule has 0 radical (unpaired) electrons. The smallest absolute Gasteiger partial charge is 0.319 e. The van der Waals surface area contributed by atoms with Crippen molar-refractivity contribution in [3.05, 3.63) is 69.9 Å². The lowest BCUT2D eigenvalue weighted by Crippen LogP contribution is -2.38. The fraction of sp³-hybridized carbons (Fsp3) is 0.158. The van der Waals surface area contributed by atoms with Crippen molar-refractivity contribution in [2.45, 2.75) is 13.0 Å². The number of urea groups is 1. The van der Waals surface area contributed by atoms with E-state index in [-0.39, 0.29) is 11.9 Å². The highest BCUT2D eigenvalue weighted by Gasteiger charge is 2.25. The molecule has 28 heavy (non-hydrogen) atoms. The molecule has 1 aromatic carbocycles. The molecule has 9 heteroatoms. The molecule has 1 aliphatic rings. The lowest BCUT2D eigenvalue weighted by atomic mass is 10.2. The number of fused-ring (bicyclic) bond motifs is 1. The molecule has 3 heterocycles. The van der Waals surface area contributed by atoms with Crippen LogP contribution < -0.4 is 10.6 Å². The predicted octanol–water partition coefficient (Wildman–Crippen LogP) is 4.03. The summed E-state index contributed by atoms with van der Waals surface area (Å²) in [6.45, 7) is 1.01. The number of halogens is 1. The van der Waals surface area contributed by atoms with Gasteiger partial charge in [-0.05, 0) is 36.4 Å². The molecular weight excluding hydrogens is 398 g/mol. The van der Waals surface area contributed by atoms with Gasteiger partial charge in [-0.25, -0.2) is 9.78 Å². The van der Waals surface area contributed by atoms with Gasteiger partial charge in [-0.2, -0.15) is 0 Å². The van der Waals surface area contributed by atoms with Gasteiger partial charge in [0.25, 0.3) is 5.91 Å². The van der Waals surface area contributed by atoms with Crippen LogP contribution >= 0.6 is 22.9 Å². The van der Waals surface area contributed by atoms with E-state index in [2.05, 4.69) is 20.6 Å². The molecule has 0 spiro atoms. The van der Waals surface area contributed by atoms with Gasteiger partial charge in [-0.1, -0.05) is 29.0 Å². The molecule has 3 aromatic rings. The quantitative estimate of drug-likeness (QED) is 0.678. The summed E-state index contributed by atoms with van der Waals surface area (Å²) in [6.07, 6.45) is 2.21. The zero-order chi connectivity index (χ0) is 19.5. The van der Waals surface area contributed by atoms with E-state index in [1.807, 2.05) is 0 Å². The Bertz CT molecular complexity index is 1010. The van der Waals surface area contributed by atoms with Crippen molar-refractivity contribution < 1.29 is 9.59 Å². The molecule has 2 aromatic heterocycles. The van der Waals surface area contributed by atoms with Crippen LogP contribution in [0.5, 0.6) is 0 Å². The maximum atomic E-state index is 12.5. The Hall–Kier alpha value is -2.97. The van der Waals surface area contributed by atoms with Gasteiger partial charge in [-0.3, -0.25) is 15.1 Å². The highest BCUT2D eigenvalue weighted by atomic mass is 35.5. The van der Waals surface area contributed by atoms with E-state index in [4.69, 9.17) is 11.6 Å². The van der Waals surface area contributed by atoms with Crippen molar-refractivity contribution in [2.24, 2.45) is 0 Å². The molecule has 0 saturated carbocycles. The van der Waals surface area contributed by atoms with Crippen LogP contribution in [0.25, 0.3) is 0 Å². The van der Waals surface area contributed by atoms with Crippen LogP contribution in [0, 0.1) is 0 Å². The summed E-state index contributed by atoms with van der Waals surface area (Å²) in [6, 6.07) is 11.9. The zero-order valence-electron chi connectivity index (χ0n) is 14.7. The lowest BCUT2D eigenvalue weighted by molar-refractivity contribution is 0.102. The molecule has 3 amide bonds. The number of hydrogen-bond donors (Lipinski definition) is 2. The lowest BCUT2D eigenvalue weighted by Gasteiger charge is -2.26. The molecular formula is C19H16ClN5O2S. The molecule has 0 atom stereocenters. The minimum Gasteiger partial charge on any atom is -0.319 e. The largest absolute Gasteiger partial charge is 0.322 e. The zero-order valence-corrected chi connectivity index (χ0v) is 16.3. The third-order valence-electron chi connectivity index (χ3n) is 4.23. The average Bonchev–Trinajstić information content (AvgIpc) is 3.11. The van der Waals surface area contributed by atoms with Crippen LogP contribution in [0.3, 0.4) is 0 Å². The molecule has 142 valence electrons. The third-order valence-corrected chi connectivity index (χ3v) is 5.48. The van der Waals surface area contributed by atoms with Crippen LogP contribution in [0.2, 0.25) is 5.02 Å². The number of amides is 3. The van der Waals surface area contributed by atoms with E-state index in [1.165, 1.54) is 11.3 Å². The van der Waals surface area contributed by atoms with Crippen molar-refractivity contribution >= 4 is 45.7 Å². The van der Waals surface area contributed by atoms with Crippen LogP contribution in [0.1, 0.15) is 21.1 Å². The Labute approximate surface area is 170 Å². The molecule has 0 fully saturated rings. The van der Waals surface area contributed by atoms with Gasteiger partial charge in [0.1, 0.15) is 5.69 Å². The van der Waals surface area contributed by atoms with Crippen molar-refractivity contribution in [3.8, 4) is 0 Å². The van der Waals surface area contributed by atoms with E-state index in [0.29, 0.717) is 41.0 Å². The van der Waals surface area contributed by atoms with E-state index >= 15 is 0 Å². The van der Waals surface area contributed by atoms with Gasteiger partial charge in [0.2, 0.25) is 0 Å². The number of nitrogens with zero attached hydrogens (tertiary/aromatic N) is 3. The van der Waals surface area contributed by atoms with E-state index in [9.17, 15) is 9.59 Å². The second kappa shape index (κ2) is 7.95. The van der Waals surface area contributed by atoms with Gasteiger partial charge in [0.05, 0.1) is 12.2 Å². The topological polar surface area (TPSA) is 87.2 Å². The first kappa shape index (κ1) is 18.4. The summed E-state index contributed by atoms with van der Waals surface area (Å²) in [4.78, 5) is 36.0. The summed E-state index contributed by atoms with van der Waals surface area (Å²) < 4.78 is 0. The van der Waals surface area contributed by atoms with Crippen LogP contribution in [0.4, 0.5) is 15.6 Å². The SMILES string of the molecule is O=C(Nc1nc2c(s1)CN(C(=O)Nc1ccc(Cl)cc1)CC2)c1ccccn1. The van der Waals surface area contributed by atoms with Crippen molar-refractivity contribution in [3.63, 3.8) is 0 Å². The van der Waals surface area contributed by atoms with Crippen molar-refractivity contribution in [2.75, 3.05) is 17.2 Å². The molecule has 2 N–H and O–H groups in total. The molecule has 0 unspecified atom stereocenters. The fourth-order valence-electron chi connectivity index (χ4n) is 2.82. The van der Waals surface area contributed by atoms with Gasteiger partial charge in [0, 0.05) is 34.7 Å². The third kappa shape index (κ3) is 4.13. The number of aromatic nitrogens is 2. The first-order chi connectivity index (χ1) is 13.6. The van der Waals surface area contributed by atoms with E-state index in [0.717, 1.165) is 10.6 Å². The number of pyridine rings is 1. The Morgan fingerprint density at radius 1 is 1.11 bits per heavy atom. The summed E-state index contributed by atoms with van der Waals surface area (Å²) in [5, 5.41) is 6.77. The van der Waals surface area contributed by atoms with E-state index in [1.54, 1.807) is 53.6 Å². The molecule has 1 aliphatic heterocycles. The van der Waals surface area contributed by atoms with Crippen LogP contribution in [-0.4, -0.2) is 33.4 Å². The molecule has 0 aliphatic carbocycles. The second-order valence-electron chi connectivity index (χ2n) is 6.17. The number of benzene rings is 1. The maximum Gasteiger partial charge on any atom is 0.322 e. The Morgan fingerprint density at radius 2 is 1.93 bits per heavy atom. The molecule has 0 saturated heterocycles. The maximum absolute atomic E-state index is 12.5. The van der Waals surface area contributed by atoms with Crippen LogP contribution in [0.15, 0.2) is 48.7 Å². The van der Waals surface area contributed by atoms with Gasteiger partial charge in [0.15, 0.2) is 5.13 Å². The monoisotopic (exact) mass is 413 g/mol. The molecule has 7 nitrogen and oxygen atoms in total. The number of carbonyl (C=O) groups is 2. The van der Waals surface area contributed by atoms with Crippen molar-refractivity contribution in [1.82, 2.24) is 14.9 Å². The van der Waals surface area contributed by atoms with Gasteiger partial charge >= 0.3 is 6.03 Å². The number of nitrogens with one attached hydrogen (secondary N) is 2. The summed E-state index contributed by atoms with van der Waals surface area (Å²) in [5.41, 5.74) is 1.93. The van der Waals surface area contributed by atoms with Crippen LogP contribution in [-0.2, 0) is 13.0 Å².